The van der Waals surface area contributed by atoms with Crippen LogP contribution in [0, 0.1) is 13.8 Å². The summed E-state index contributed by atoms with van der Waals surface area (Å²) in [5.74, 6) is 0.0192. The number of nitrogens with zero attached hydrogens (tertiary/aromatic N) is 4. The Morgan fingerprint density at radius 3 is 2.29 bits per heavy atom. The molecular weight excluding hydrogens is 468 g/mol. The lowest BCUT2D eigenvalue weighted by Gasteiger charge is -2.33. The Kier molecular flexibility index (Phi) is 6.00. The molecule has 0 N–H and O–H groups in total. The molecule has 2 amide bonds. The number of aryl methyl sites for hydroxylation is 2. The van der Waals surface area contributed by atoms with Gasteiger partial charge in [0, 0.05) is 31.7 Å². The summed E-state index contributed by atoms with van der Waals surface area (Å²) in [6.45, 7) is 5.62. The van der Waals surface area contributed by atoms with Crippen LogP contribution < -0.4 is 0 Å². The fraction of sp³-hybridized carbons (Fsp3) is 0.400. The van der Waals surface area contributed by atoms with Crippen molar-refractivity contribution < 1.29 is 22.4 Å². The SMILES string of the molecule is Cc1ccc(-c2cc(C(=O)N3CCN(C(=O)c4ccco4)CC3)nn2[C@H]2CCS(=O)(=O)C2)cc1C. The van der Waals surface area contributed by atoms with Gasteiger partial charge in [0.25, 0.3) is 11.8 Å². The van der Waals surface area contributed by atoms with Gasteiger partial charge >= 0.3 is 0 Å². The quantitative estimate of drug-likeness (QED) is 0.550. The second-order valence-electron chi connectivity index (χ2n) is 9.28. The van der Waals surface area contributed by atoms with Crippen molar-refractivity contribution in [1.82, 2.24) is 19.6 Å². The van der Waals surface area contributed by atoms with Gasteiger partial charge in [0.1, 0.15) is 0 Å². The van der Waals surface area contributed by atoms with Crippen molar-refractivity contribution in [2.75, 3.05) is 37.7 Å². The highest BCUT2D eigenvalue weighted by Crippen LogP contribution is 2.31. The highest BCUT2D eigenvalue weighted by molar-refractivity contribution is 7.91. The number of piperazine rings is 1. The lowest BCUT2D eigenvalue weighted by Crippen LogP contribution is -2.50. The van der Waals surface area contributed by atoms with Crippen LogP contribution in [-0.2, 0) is 9.84 Å². The van der Waals surface area contributed by atoms with E-state index >= 15 is 0 Å². The molecule has 2 saturated heterocycles. The molecule has 5 rings (SSSR count). The summed E-state index contributed by atoms with van der Waals surface area (Å²) in [4.78, 5) is 29.3. The number of amides is 2. The van der Waals surface area contributed by atoms with E-state index in [2.05, 4.69) is 5.10 Å². The second kappa shape index (κ2) is 8.99. The maximum absolute atomic E-state index is 13.4. The predicted octanol–water partition coefficient (Wildman–Crippen LogP) is 2.72. The van der Waals surface area contributed by atoms with Crippen LogP contribution >= 0.6 is 0 Å². The molecule has 0 bridgehead atoms. The monoisotopic (exact) mass is 496 g/mol. The molecule has 9 nitrogen and oxygen atoms in total. The number of benzene rings is 1. The van der Waals surface area contributed by atoms with E-state index in [9.17, 15) is 18.0 Å². The Morgan fingerprint density at radius 1 is 0.971 bits per heavy atom. The molecule has 2 aliphatic heterocycles. The first-order chi connectivity index (χ1) is 16.7. The van der Waals surface area contributed by atoms with E-state index in [1.54, 1.807) is 32.7 Å². The molecule has 1 aromatic carbocycles. The van der Waals surface area contributed by atoms with Crippen molar-refractivity contribution in [3.63, 3.8) is 0 Å². The van der Waals surface area contributed by atoms with E-state index in [0.717, 1.165) is 22.4 Å². The third-order valence-corrected chi connectivity index (χ3v) is 8.65. The highest BCUT2D eigenvalue weighted by Gasteiger charge is 2.33. The molecule has 184 valence electrons. The van der Waals surface area contributed by atoms with Crippen LogP contribution in [0.3, 0.4) is 0 Å². The van der Waals surface area contributed by atoms with Gasteiger partial charge in [-0.1, -0.05) is 12.1 Å². The third-order valence-electron chi connectivity index (χ3n) is 6.90. The van der Waals surface area contributed by atoms with Crippen LogP contribution in [0.25, 0.3) is 11.3 Å². The number of sulfone groups is 1. The molecule has 10 heteroatoms. The highest BCUT2D eigenvalue weighted by atomic mass is 32.2. The van der Waals surface area contributed by atoms with Crippen molar-refractivity contribution >= 4 is 21.7 Å². The van der Waals surface area contributed by atoms with Gasteiger partial charge in [-0.2, -0.15) is 5.10 Å². The zero-order valence-electron chi connectivity index (χ0n) is 19.8. The summed E-state index contributed by atoms with van der Waals surface area (Å²) in [7, 11) is -3.12. The van der Waals surface area contributed by atoms with Gasteiger partial charge in [-0.15, -0.1) is 0 Å². The number of carbonyl (C=O) groups excluding carboxylic acids is 2. The molecule has 3 aromatic rings. The smallest absolute Gasteiger partial charge is 0.289 e. The van der Waals surface area contributed by atoms with Crippen LogP contribution in [0.15, 0.2) is 47.1 Å². The van der Waals surface area contributed by atoms with Crippen LogP contribution in [0.1, 0.15) is 44.6 Å². The molecule has 1 atom stereocenters. The van der Waals surface area contributed by atoms with Gasteiger partial charge in [-0.25, -0.2) is 8.42 Å². The van der Waals surface area contributed by atoms with E-state index in [1.807, 2.05) is 32.0 Å². The summed E-state index contributed by atoms with van der Waals surface area (Å²) in [6, 6.07) is 10.8. The summed E-state index contributed by atoms with van der Waals surface area (Å²) < 4.78 is 31.3. The first-order valence-electron chi connectivity index (χ1n) is 11.7. The number of aromatic nitrogens is 2. The van der Waals surface area contributed by atoms with E-state index < -0.39 is 9.84 Å². The van der Waals surface area contributed by atoms with E-state index in [0.29, 0.717) is 32.6 Å². The summed E-state index contributed by atoms with van der Waals surface area (Å²) >= 11 is 0. The maximum atomic E-state index is 13.4. The fourth-order valence-electron chi connectivity index (χ4n) is 4.69. The Labute approximate surface area is 204 Å². The minimum Gasteiger partial charge on any atom is -0.459 e. The topological polar surface area (TPSA) is 106 Å². The second-order valence-corrected chi connectivity index (χ2v) is 11.5. The molecule has 4 heterocycles. The summed E-state index contributed by atoms with van der Waals surface area (Å²) in [5.41, 5.74) is 4.19. The Bertz CT molecular complexity index is 1370. The Morgan fingerprint density at radius 2 is 1.69 bits per heavy atom. The average Bonchev–Trinajstić information content (AvgIpc) is 3.60. The zero-order valence-corrected chi connectivity index (χ0v) is 20.6. The van der Waals surface area contributed by atoms with Gasteiger partial charge in [0.15, 0.2) is 21.3 Å². The molecule has 0 unspecified atom stereocenters. The van der Waals surface area contributed by atoms with Crippen molar-refractivity contribution in [2.45, 2.75) is 26.3 Å². The molecule has 2 aliphatic rings. The first-order valence-corrected chi connectivity index (χ1v) is 13.5. The number of rotatable bonds is 4. The van der Waals surface area contributed by atoms with Gasteiger partial charge in [0.2, 0.25) is 0 Å². The molecule has 0 spiro atoms. The lowest BCUT2D eigenvalue weighted by atomic mass is 10.0. The first kappa shape index (κ1) is 23.3. The van der Waals surface area contributed by atoms with Gasteiger partial charge in [-0.3, -0.25) is 14.3 Å². The average molecular weight is 497 g/mol. The largest absolute Gasteiger partial charge is 0.459 e. The molecule has 0 aliphatic carbocycles. The normalized spacial score (nSPS) is 19.8. The standard InChI is InChI=1S/C25H28N4O5S/c1-17-5-6-19(14-18(17)2)22-15-21(26-29(22)20-7-13-35(32,33)16-20)24(30)27-8-10-28(11-9-27)25(31)23-4-3-12-34-23/h3-6,12,14-15,20H,7-11,13,16H2,1-2H3/t20-/m0/s1. The van der Waals surface area contributed by atoms with Crippen molar-refractivity contribution in [2.24, 2.45) is 0 Å². The van der Waals surface area contributed by atoms with E-state index in [1.165, 1.54) is 6.26 Å². The number of carbonyl (C=O) groups is 2. The van der Waals surface area contributed by atoms with Crippen LogP contribution in [-0.4, -0.2) is 77.5 Å². The third kappa shape index (κ3) is 4.62. The number of hydrogen-bond donors (Lipinski definition) is 0. The Balaban J connectivity index is 1.39. The van der Waals surface area contributed by atoms with Crippen molar-refractivity contribution in [1.29, 1.82) is 0 Å². The zero-order chi connectivity index (χ0) is 24.7. The molecule has 0 radical (unpaired) electrons. The molecule has 0 saturated carbocycles. The predicted molar refractivity (Wildman–Crippen MR) is 130 cm³/mol. The minimum absolute atomic E-state index is 0.0215. The lowest BCUT2D eigenvalue weighted by molar-refractivity contribution is 0.0514. The van der Waals surface area contributed by atoms with Crippen molar-refractivity contribution in [3.8, 4) is 11.3 Å². The van der Waals surface area contributed by atoms with Crippen LogP contribution in [0.4, 0.5) is 0 Å². The summed E-state index contributed by atoms with van der Waals surface area (Å²) in [6.07, 6.45) is 1.94. The fourth-order valence-corrected chi connectivity index (χ4v) is 6.38. The molecule has 35 heavy (non-hydrogen) atoms. The van der Waals surface area contributed by atoms with Gasteiger partial charge in [0.05, 0.1) is 29.5 Å². The molecule has 2 fully saturated rings. The number of hydrogen-bond acceptors (Lipinski definition) is 6. The van der Waals surface area contributed by atoms with Crippen LogP contribution in [0.5, 0.6) is 0 Å². The molecule has 2 aromatic heterocycles. The molecular formula is C25H28N4O5S. The van der Waals surface area contributed by atoms with Crippen LogP contribution in [0.2, 0.25) is 0 Å². The van der Waals surface area contributed by atoms with Gasteiger partial charge < -0.3 is 14.2 Å². The van der Waals surface area contributed by atoms with Crippen molar-refractivity contribution in [3.05, 3.63) is 65.2 Å². The minimum atomic E-state index is -3.12. The van der Waals surface area contributed by atoms with E-state index in [-0.39, 0.29) is 40.8 Å². The maximum Gasteiger partial charge on any atom is 0.289 e. The number of furan rings is 1. The Hall–Kier alpha value is -3.40. The van der Waals surface area contributed by atoms with E-state index in [4.69, 9.17) is 4.42 Å². The van der Waals surface area contributed by atoms with Gasteiger partial charge in [-0.05, 0) is 55.7 Å². The summed E-state index contributed by atoms with van der Waals surface area (Å²) in [5, 5.41) is 4.62.